The minimum absolute atomic E-state index is 0. The van der Waals surface area contributed by atoms with Crippen LogP contribution in [0.15, 0.2) is 30.3 Å². The van der Waals surface area contributed by atoms with Crippen molar-refractivity contribution in [2.24, 2.45) is 0 Å². The van der Waals surface area contributed by atoms with Crippen molar-refractivity contribution in [3.8, 4) is 0 Å². The second-order valence-corrected chi connectivity index (χ2v) is 5.59. The third-order valence-corrected chi connectivity index (χ3v) is 4.18. The summed E-state index contributed by atoms with van der Waals surface area (Å²) in [5.41, 5.74) is 1.34. The second-order valence-electron chi connectivity index (χ2n) is 4.43. The van der Waals surface area contributed by atoms with E-state index < -0.39 is 0 Å². The van der Waals surface area contributed by atoms with Crippen molar-refractivity contribution in [1.29, 1.82) is 0 Å². The van der Waals surface area contributed by atoms with Crippen LogP contribution in [0.2, 0.25) is 0 Å². The normalized spacial score (nSPS) is 14.0. The quantitative estimate of drug-likeness (QED) is 0.902. The zero-order valence-corrected chi connectivity index (χ0v) is 11.8. The maximum Gasteiger partial charge on any atom is 0.140 e. The molecule has 96 valence electrons. The maximum atomic E-state index is 4.71. The van der Waals surface area contributed by atoms with E-state index in [4.69, 9.17) is 4.98 Å². The molecule has 1 aliphatic rings. The number of anilines is 1. The van der Waals surface area contributed by atoms with Gasteiger partial charge < -0.3 is 5.32 Å². The first-order chi connectivity index (χ1) is 8.42. The first-order valence-corrected chi connectivity index (χ1v) is 7.00. The lowest BCUT2D eigenvalue weighted by Gasteiger charge is -1.98. The van der Waals surface area contributed by atoms with Gasteiger partial charge in [-0.05, 0) is 24.8 Å². The van der Waals surface area contributed by atoms with Gasteiger partial charge in [0.15, 0.2) is 0 Å². The third kappa shape index (κ3) is 3.03. The standard InChI is InChI=1S/C14H16N2S.ClH/c1-2-6-11(7-3-1)10-13-16-14-12(17-13)8-4-5-9-15-14;/h1-3,6-7,15H,4-5,8-10H2;1H. The molecule has 0 bridgehead atoms. The van der Waals surface area contributed by atoms with Crippen LogP contribution in [-0.4, -0.2) is 11.5 Å². The molecule has 1 aliphatic heterocycles. The largest absolute Gasteiger partial charge is 0.369 e. The molecule has 0 aliphatic carbocycles. The minimum atomic E-state index is 0. The molecule has 1 N–H and O–H groups in total. The van der Waals surface area contributed by atoms with E-state index in [1.54, 1.807) is 0 Å². The van der Waals surface area contributed by atoms with Gasteiger partial charge in [-0.3, -0.25) is 0 Å². The van der Waals surface area contributed by atoms with Gasteiger partial charge in [0, 0.05) is 17.8 Å². The maximum absolute atomic E-state index is 4.71. The number of aromatic nitrogens is 1. The number of fused-ring (bicyclic) bond motifs is 1. The Morgan fingerprint density at radius 1 is 1.17 bits per heavy atom. The zero-order valence-electron chi connectivity index (χ0n) is 10.2. The van der Waals surface area contributed by atoms with Gasteiger partial charge in [-0.25, -0.2) is 4.98 Å². The summed E-state index contributed by atoms with van der Waals surface area (Å²) >= 11 is 1.87. The third-order valence-electron chi connectivity index (χ3n) is 3.06. The van der Waals surface area contributed by atoms with Crippen molar-refractivity contribution < 1.29 is 0 Å². The summed E-state index contributed by atoms with van der Waals surface area (Å²) < 4.78 is 0. The molecular formula is C14H17ClN2S. The van der Waals surface area contributed by atoms with Crippen molar-refractivity contribution in [1.82, 2.24) is 4.98 Å². The van der Waals surface area contributed by atoms with Gasteiger partial charge in [-0.1, -0.05) is 30.3 Å². The molecule has 3 rings (SSSR count). The molecule has 0 spiro atoms. The molecule has 2 aromatic rings. The molecular weight excluding hydrogens is 264 g/mol. The van der Waals surface area contributed by atoms with Crippen LogP contribution in [0.4, 0.5) is 5.82 Å². The highest BCUT2D eigenvalue weighted by molar-refractivity contribution is 7.12. The van der Waals surface area contributed by atoms with Gasteiger partial charge >= 0.3 is 0 Å². The number of hydrogen-bond donors (Lipinski definition) is 1. The van der Waals surface area contributed by atoms with E-state index in [2.05, 4.69) is 35.6 Å². The average molecular weight is 281 g/mol. The molecule has 18 heavy (non-hydrogen) atoms. The molecule has 0 amide bonds. The second kappa shape index (κ2) is 6.21. The van der Waals surface area contributed by atoms with Gasteiger partial charge in [0.05, 0.1) is 5.01 Å². The Morgan fingerprint density at radius 3 is 2.83 bits per heavy atom. The van der Waals surface area contributed by atoms with Gasteiger partial charge in [0.1, 0.15) is 5.82 Å². The predicted molar refractivity (Wildman–Crippen MR) is 80.0 cm³/mol. The summed E-state index contributed by atoms with van der Waals surface area (Å²) in [6.07, 6.45) is 4.69. The van der Waals surface area contributed by atoms with Crippen LogP contribution in [0.3, 0.4) is 0 Å². The van der Waals surface area contributed by atoms with Gasteiger partial charge in [-0.2, -0.15) is 0 Å². The molecule has 4 heteroatoms. The van der Waals surface area contributed by atoms with Crippen molar-refractivity contribution in [2.75, 3.05) is 11.9 Å². The van der Waals surface area contributed by atoms with Crippen LogP contribution in [0.1, 0.15) is 28.3 Å². The summed E-state index contributed by atoms with van der Waals surface area (Å²) in [5.74, 6) is 1.14. The Kier molecular flexibility index (Phi) is 4.61. The summed E-state index contributed by atoms with van der Waals surface area (Å²) in [6.45, 7) is 1.07. The smallest absolute Gasteiger partial charge is 0.140 e. The SMILES string of the molecule is Cl.c1ccc(Cc2nc3c(s2)CCCCN3)cc1. The molecule has 2 nitrogen and oxygen atoms in total. The van der Waals surface area contributed by atoms with Crippen molar-refractivity contribution in [2.45, 2.75) is 25.7 Å². The van der Waals surface area contributed by atoms with E-state index in [1.807, 2.05) is 11.3 Å². The predicted octanol–water partition coefficient (Wildman–Crippen LogP) is 3.90. The Labute approximate surface area is 118 Å². The molecule has 0 atom stereocenters. The number of aryl methyl sites for hydroxylation is 1. The number of benzene rings is 1. The van der Waals surface area contributed by atoms with Crippen LogP contribution >= 0.6 is 23.7 Å². The summed E-state index contributed by atoms with van der Waals surface area (Å²) in [5, 5.41) is 4.66. The van der Waals surface area contributed by atoms with Gasteiger partial charge in [0.25, 0.3) is 0 Å². The van der Waals surface area contributed by atoms with Crippen LogP contribution < -0.4 is 5.32 Å². The number of nitrogens with zero attached hydrogens (tertiary/aromatic N) is 1. The molecule has 0 fully saturated rings. The molecule has 0 saturated carbocycles. The molecule has 0 unspecified atom stereocenters. The van der Waals surface area contributed by atoms with Crippen LogP contribution in [0, 0.1) is 0 Å². The van der Waals surface area contributed by atoms with Crippen molar-refractivity contribution in [3.05, 3.63) is 45.8 Å². The highest BCUT2D eigenvalue weighted by atomic mass is 35.5. The topological polar surface area (TPSA) is 24.9 Å². The number of thiazole rings is 1. The van der Waals surface area contributed by atoms with E-state index in [-0.39, 0.29) is 12.4 Å². The van der Waals surface area contributed by atoms with E-state index in [0.29, 0.717) is 0 Å². The zero-order chi connectivity index (χ0) is 11.5. The Balaban J connectivity index is 0.00000120. The number of nitrogens with one attached hydrogen (secondary N) is 1. The lowest BCUT2D eigenvalue weighted by molar-refractivity contribution is 0.790. The monoisotopic (exact) mass is 280 g/mol. The summed E-state index contributed by atoms with van der Waals surface area (Å²) in [7, 11) is 0. The van der Waals surface area contributed by atoms with Crippen LogP contribution in [0.5, 0.6) is 0 Å². The Morgan fingerprint density at radius 2 is 2.00 bits per heavy atom. The fourth-order valence-electron chi connectivity index (χ4n) is 2.17. The van der Waals surface area contributed by atoms with Gasteiger partial charge in [-0.15, -0.1) is 23.7 Å². The highest BCUT2D eigenvalue weighted by Gasteiger charge is 2.13. The first-order valence-electron chi connectivity index (χ1n) is 6.18. The van der Waals surface area contributed by atoms with E-state index >= 15 is 0 Å². The van der Waals surface area contributed by atoms with Crippen molar-refractivity contribution >= 4 is 29.6 Å². The average Bonchev–Trinajstić information content (AvgIpc) is 2.60. The molecule has 0 radical (unpaired) electrons. The van der Waals surface area contributed by atoms with Crippen molar-refractivity contribution in [3.63, 3.8) is 0 Å². The minimum Gasteiger partial charge on any atom is -0.369 e. The van der Waals surface area contributed by atoms with E-state index in [9.17, 15) is 0 Å². The van der Waals surface area contributed by atoms with E-state index in [1.165, 1.54) is 34.7 Å². The van der Waals surface area contributed by atoms with E-state index in [0.717, 1.165) is 18.8 Å². The highest BCUT2D eigenvalue weighted by Crippen LogP contribution is 2.28. The summed E-state index contributed by atoms with van der Waals surface area (Å²) in [6, 6.07) is 10.6. The number of hydrogen-bond acceptors (Lipinski definition) is 3. The molecule has 1 aromatic carbocycles. The molecule has 1 aromatic heterocycles. The molecule has 0 saturated heterocycles. The fourth-order valence-corrected chi connectivity index (χ4v) is 3.29. The van der Waals surface area contributed by atoms with Gasteiger partial charge in [0.2, 0.25) is 0 Å². The summed E-state index contributed by atoms with van der Waals surface area (Å²) in [4.78, 5) is 6.15. The van der Waals surface area contributed by atoms with Crippen LogP contribution in [-0.2, 0) is 12.8 Å². The Bertz CT molecular complexity index is 472. The fraction of sp³-hybridized carbons (Fsp3) is 0.357. The lowest BCUT2D eigenvalue weighted by atomic mass is 10.2. The van der Waals surface area contributed by atoms with Crippen LogP contribution in [0.25, 0.3) is 0 Å². The molecule has 2 heterocycles. The lowest BCUT2D eigenvalue weighted by Crippen LogP contribution is -1.99. The number of rotatable bonds is 2. The Hall–Kier alpha value is -1.06. The number of halogens is 1. The first kappa shape index (κ1) is 13.4.